The van der Waals surface area contributed by atoms with Crippen molar-refractivity contribution in [2.45, 2.75) is 69.4 Å². The lowest BCUT2D eigenvalue weighted by atomic mass is 9.78. The molecule has 2 saturated heterocycles. The number of nitrogens with one attached hydrogen (secondary N) is 1. The maximum Gasteiger partial charge on any atom is 0.417 e. The van der Waals surface area contributed by atoms with Crippen LogP contribution in [-0.2, 0) is 38.2 Å². The number of alkyl halides is 3. The minimum atomic E-state index is -4.50. The van der Waals surface area contributed by atoms with Crippen LogP contribution in [0.15, 0.2) is 12.3 Å². The molecule has 2 saturated carbocycles. The van der Waals surface area contributed by atoms with Gasteiger partial charge in [-0.3, -0.25) is 14.6 Å². The number of carbonyl (C=O) groups excluding carboxylic acids is 2. The lowest BCUT2D eigenvalue weighted by Gasteiger charge is -2.37. The minimum absolute atomic E-state index is 0.0556. The van der Waals surface area contributed by atoms with E-state index in [1.165, 1.54) is 0 Å². The molecule has 1 aromatic rings. The molecule has 1 aromatic heterocycles. The third-order valence-corrected chi connectivity index (χ3v) is 9.26. The lowest BCUT2D eigenvalue weighted by molar-refractivity contribution is -0.144. The molecule has 5 atom stereocenters. The Morgan fingerprint density at radius 3 is 2.83 bits per heavy atom. The van der Waals surface area contributed by atoms with Crippen LogP contribution >= 0.6 is 0 Å². The highest BCUT2D eigenvalue weighted by Crippen LogP contribution is 2.51. The Morgan fingerprint density at radius 1 is 1.25 bits per heavy atom. The smallest absolute Gasteiger partial charge is 0.379 e. The van der Waals surface area contributed by atoms with Gasteiger partial charge in [0.25, 0.3) is 5.91 Å². The van der Waals surface area contributed by atoms with Crippen molar-refractivity contribution in [1.29, 1.82) is 0 Å². The van der Waals surface area contributed by atoms with Gasteiger partial charge in [0.05, 0.1) is 23.7 Å². The summed E-state index contributed by atoms with van der Waals surface area (Å²) in [6.45, 7) is 2.35. The molecule has 4 heterocycles. The molecule has 216 valence electrons. The first kappa shape index (κ1) is 27.5. The standard InChI is InChI=1S/C29H35F3N4O4/c1-39-25-16-40-9-7-24(25)34-22-11-21-15-36(26(37)5-4-18-2-3-18)17-28(21,12-22)27(38)35-8-6-23-19(14-35)10-20(13-33-23)29(30,31)32/h10,13,18,21-22,24-25,34H,2-3,6-9,11-12,14-17H2,1H3/t21-,22+,24-,25+,28-/m0/s1. The fraction of sp³-hybridized carbons (Fsp3) is 0.690. The van der Waals surface area contributed by atoms with Gasteiger partial charge in [-0.2, -0.15) is 13.2 Å². The molecule has 6 rings (SSSR count). The summed E-state index contributed by atoms with van der Waals surface area (Å²) in [5.74, 6) is 5.72. The minimum Gasteiger partial charge on any atom is -0.379 e. The molecular weight excluding hydrogens is 525 g/mol. The van der Waals surface area contributed by atoms with Crippen molar-refractivity contribution >= 4 is 11.8 Å². The Morgan fingerprint density at radius 2 is 2.08 bits per heavy atom. The Labute approximate surface area is 231 Å². The van der Waals surface area contributed by atoms with E-state index in [0.717, 1.165) is 37.9 Å². The molecule has 1 N–H and O–H groups in total. The molecule has 11 heteroatoms. The average Bonchev–Trinajstić information content (AvgIpc) is 3.61. The van der Waals surface area contributed by atoms with Crippen LogP contribution < -0.4 is 5.32 Å². The number of pyridine rings is 1. The summed E-state index contributed by atoms with van der Waals surface area (Å²) in [4.78, 5) is 34.8. The summed E-state index contributed by atoms with van der Waals surface area (Å²) in [5, 5.41) is 3.72. The lowest BCUT2D eigenvalue weighted by Crippen LogP contribution is -2.52. The van der Waals surface area contributed by atoms with E-state index in [-0.39, 0.29) is 49.0 Å². The number of hydrogen-bond donors (Lipinski definition) is 1. The van der Waals surface area contributed by atoms with Crippen LogP contribution in [0.4, 0.5) is 13.2 Å². The second-order valence-electron chi connectivity index (χ2n) is 11.9. The molecule has 4 fully saturated rings. The molecular formula is C29H35F3N4O4. The van der Waals surface area contributed by atoms with Crippen LogP contribution in [0.1, 0.15) is 48.9 Å². The fourth-order valence-corrected chi connectivity index (χ4v) is 6.96. The highest BCUT2D eigenvalue weighted by molar-refractivity contribution is 5.95. The molecule has 0 bridgehead atoms. The SMILES string of the molecule is CO[C@@H]1COCC[C@@H]1N[C@@H]1C[C@H]2CN(C(=O)C#CC3CC3)C[C@@]2(C(=O)N2CCc3ncc(C(F)(F)F)cc3C2)C1. The summed E-state index contributed by atoms with van der Waals surface area (Å²) in [6, 6.07) is 1.27. The highest BCUT2D eigenvalue weighted by Gasteiger charge is 2.59. The molecule has 2 amide bonds. The number of likely N-dealkylation sites (tertiary alicyclic amines) is 1. The number of amides is 2. The molecule has 5 aliphatic rings. The quantitative estimate of drug-likeness (QED) is 0.570. The van der Waals surface area contributed by atoms with Crippen molar-refractivity contribution in [2.75, 3.05) is 40.0 Å². The van der Waals surface area contributed by atoms with Crippen LogP contribution in [0, 0.1) is 29.1 Å². The van der Waals surface area contributed by atoms with Gasteiger partial charge >= 0.3 is 6.18 Å². The van der Waals surface area contributed by atoms with E-state index < -0.39 is 17.2 Å². The third-order valence-electron chi connectivity index (χ3n) is 9.26. The zero-order chi connectivity index (χ0) is 28.1. The largest absolute Gasteiger partial charge is 0.417 e. The molecule has 2 aliphatic carbocycles. The molecule has 0 spiro atoms. The highest BCUT2D eigenvalue weighted by atomic mass is 19.4. The van der Waals surface area contributed by atoms with Crippen molar-refractivity contribution in [2.24, 2.45) is 17.3 Å². The van der Waals surface area contributed by atoms with Gasteiger partial charge < -0.3 is 24.6 Å². The Bertz CT molecular complexity index is 1230. The number of aromatic nitrogens is 1. The second kappa shape index (κ2) is 10.6. The van der Waals surface area contributed by atoms with Crippen molar-refractivity contribution in [1.82, 2.24) is 20.1 Å². The summed E-state index contributed by atoms with van der Waals surface area (Å²) in [5.41, 5.74) is -0.588. The molecule has 8 nitrogen and oxygen atoms in total. The summed E-state index contributed by atoms with van der Waals surface area (Å²) in [6.07, 6.45) is 0.812. The van der Waals surface area contributed by atoms with E-state index in [1.807, 2.05) is 0 Å². The third kappa shape index (κ3) is 5.33. The van der Waals surface area contributed by atoms with Crippen LogP contribution in [0.2, 0.25) is 0 Å². The molecule has 40 heavy (non-hydrogen) atoms. The van der Waals surface area contributed by atoms with Crippen LogP contribution in [0.25, 0.3) is 0 Å². The first-order valence-corrected chi connectivity index (χ1v) is 14.2. The van der Waals surface area contributed by atoms with Crippen molar-refractivity contribution < 1.29 is 32.2 Å². The molecule has 0 aromatic carbocycles. The van der Waals surface area contributed by atoms with Gasteiger partial charge in [0.1, 0.15) is 0 Å². The van der Waals surface area contributed by atoms with E-state index in [9.17, 15) is 22.8 Å². The van der Waals surface area contributed by atoms with Crippen LogP contribution in [-0.4, -0.2) is 84.7 Å². The Kier molecular flexibility index (Phi) is 7.30. The monoisotopic (exact) mass is 560 g/mol. The summed E-state index contributed by atoms with van der Waals surface area (Å²) in [7, 11) is 1.67. The van der Waals surface area contributed by atoms with Crippen LogP contribution in [0.5, 0.6) is 0 Å². The maximum atomic E-state index is 14.3. The summed E-state index contributed by atoms with van der Waals surface area (Å²) >= 11 is 0. The van der Waals surface area contributed by atoms with Gasteiger partial charge in [-0.15, -0.1) is 0 Å². The molecule has 3 aliphatic heterocycles. The molecule has 0 radical (unpaired) electrons. The van der Waals surface area contributed by atoms with E-state index >= 15 is 0 Å². The predicted octanol–water partition coefficient (Wildman–Crippen LogP) is 2.40. The number of nitrogens with zero attached hydrogens (tertiary/aromatic N) is 3. The molecule has 0 unspecified atom stereocenters. The first-order chi connectivity index (χ1) is 19.2. The zero-order valence-electron chi connectivity index (χ0n) is 22.6. The number of halogens is 3. The Balaban J connectivity index is 1.23. The number of ether oxygens (including phenoxy) is 2. The van der Waals surface area contributed by atoms with Crippen LogP contribution in [0.3, 0.4) is 0 Å². The number of methoxy groups -OCH3 is 1. The first-order valence-electron chi connectivity index (χ1n) is 14.2. The normalized spacial score (nSPS) is 31.8. The van der Waals surface area contributed by atoms with Gasteiger partial charge in [0.15, 0.2) is 0 Å². The van der Waals surface area contributed by atoms with E-state index in [2.05, 4.69) is 22.1 Å². The van der Waals surface area contributed by atoms with E-state index in [0.29, 0.717) is 56.3 Å². The number of carbonyl (C=O) groups is 2. The zero-order valence-corrected chi connectivity index (χ0v) is 22.6. The summed E-state index contributed by atoms with van der Waals surface area (Å²) < 4.78 is 51.3. The van der Waals surface area contributed by atoms with Crippen molar-refractivity contribution in [3.05, 3.63) is 29.1 Å². The number of fused-ring (bicyclic) bond motifs is 2. The van der Waals surface area contributed by atoms with E-state index in [1.54, 1.807) is 16.9 Å². The van der Waals surface area contributed by atoms with Gasteiger partial charge in [0, 0.05) is 76.2 Å². The fourth-order valence-electron chi connectivity index (χ4n) is 6.96. The van der Waals surface area contributed by atoms with Gasteiger partial charge in [-0.05, 0) is 55.6 Å². The van der Waals surface area contributed by atoms with Gasteiger partial charge in [0.2, 0.25) is 5.91 Å². The van der Waals surface area contributed by atoms with E-state index in [4.69, 9.17) is 9.47 Å². The Hall–Kier alpha value is -2.68. The number of hydrogen-bond acceptors (Lipinski definition) is 6. The van der Waals surface area contributed by atoms with Crippen molar-refractivity contribution in [3.63, 3.8) is 0 Å². The second-order valence-corrected chi connectivity index (χ2v) is 11.9. The van der Waals surface area contributed by atoms with Crippen molar-refractivity contribution in [3.8, 4) is 11.8 Å². The topological polar surface area (TPSA) is 84.0 Å². The average molecular weight is 561 g/mol. The van der Waals surface area contributed by atoms with Gasteiger partial charge in [-0.25, -0.2) is 0 Å². The van der Waals surface area contributed by atoms with Gasteiger partial charge in [-0.1, -0.05) is 5.92 Å². The predicted molar refractivity (Wildman–Crippen MR) is 138 cm³/mol. The number of rotatable bonds is 4. The maximum absolute atomic E-state index is 14.3.